The normalized spacial score (nSPS) is 18.5. The Morgan fingerprint density at radius 2 is 1.96 bits per heavy atom. The van der Waals surface area contributed by atoms with Gasteiger partial charge in [-0.3, -0.25) is 9.67 Å². The van der Waals surface area contributed by atoms with Gasteiger partial charge >= 0.3 is 6.18 Å². The SMILES string of the molecule is CN1CCC[C@@H](Nc2nnc(-c3ccc(C(F)(F)F)cn3)c3cnn(C)c23)C1. The van der Waals surface area contributed by atoms with Crippen molar-refractivity contribution in [2.24, 2.45) is 7.05 Å². The molecule has 1 atom stereocenters. The highest BCUT2D eigenvalue weighted by Gasteiger charge is 2.31. The summed E-state index contributed by atoms with van der Waals surface area (Å²) in [6.45, 7) is 1.98. The zero-order valence-electron chi connectivity index (χ0n) is 15.5. The standard InChI is InChI=1S/C18H20F3N7/c1-27-7-3-4-12(10-27)24-17-16-13(9-23-28(16)2)15(25-26-17)14-6-5-11(8-22-14)18(19,20)21/h5-6,8-9,12H,3-4,7,10H2,1-2H3,(H,24,26)/t12-/m1/s1. The summed E-state index contributed by atoms with van der Waals surface area (Å²) < 4.78 is 40.1. The number of rotatable bonds is 3. The fourth-order valence-electron chi connectivity index (χ4n) is 3.56. The first-order valence-corrected chi connectivity index (χ1v) is 9.00. The van der Waals surface area contributed by atoms with Gasteiger partial charge in [0, 0.05) is 25.8 Å². The number of likely N-dealkylation sites (N-methyl/N-ethyl adjacent to an activating group) is 1. The molecule has 0 aliphatic carbocycles. The number of hydrogen-bond donors (Lipinski definition) is 1. The van der Waals surface area contributed by atoms with Crippen LogP contribution in [0.2, 0.25) is 0 Å². The third-order valence-electron chi connectivity index (χ3n) is 4.97. The van der Waals surface area contributed by atoms with Gasteiger partial charge in [0.2, 0.25) is 0 Å². The predicted octanol–water partition coefficient (Wildman–Crippen LogP) is 2.95. The van der Waals surface area contributed by atoms with Crippen LogP contribution < -0.4 is 5.32 Å². The van der Waals surface area contributed by atoms with E-state index in [1.165, 1.54) is 6.07 Å². The molecule has 1 fully saturated rings. The number of hydrogen-bond acceptors (Lipinski definition) is 6. The number of alkyl halides is 3. The summed E-state index contributed by atoms with van der Waals surface area (Å²) in [4.78, 5) is 6.20. The van der Waals surface area contributed by atoms with Crippen LogP contribution in [0.25, 0.3) is 22.3 Å². The van der Waals surface area contributed by atoms with Crippen molar-refractivity contribution < 1.29 is 13.2 Å². The van der Waals surface area contributed by atoms with Gasteiger partial charge in [-0.15, -0.1) is 10.2 Å². The third kappa shape index (κ3) is 3.51. The minimum atomic E-state index is -4.43. The van der Waals surface area contributed by atoms with Crippen molar-refractivity contribution in [3.63, 3.8) is 0 Å². The number of halogens is 3. The van der Waals surface area contributed by atoms with Gasteiger partial charge in [0.1, 0.15) is 11.2 Å². The Kier molecular flexibility index (Phi) is 4.66. The molecule has 0 radical (unpaired) electrons. The molecule has 28 heavy (non-hydrogen) atoms. The molecule has 0 saturated carbocycles. The molecule has 1 saturated heterocycles. The number of nitrogens with one attached hydrogen (secondary N) is 1. The largest absolute Gasteiger partial charge is 0.417 e. The van der Waals surface area contributed by atoms with Crippen molar-refractivity contribution in [3.05, 3.63) is 30.1 Å². The van der Waals surface area contributed by atoms with Gasteiger partial charge in [-0.25, -0.2) is 0 Å². The monoisotopic (exact) mass is 391 g/mol. The fourth-order valence-corrected chi connectivity index (χ4v) is 3.56. The molecular formula is C18H20F3N7. The van der Waals surface area contributed by atoms with Crippen molar-refractivity contribution >= 4 is 16.7 Å². The average Bonchev–Trinajstić information content (AvgIpc) is 3.04. The average molecular weight is 391 g/mol. The predicted molar refractivity (Wildman–Crippen MR) is 98.7 cm³/mol. The van der Waals surface area contributed by atoms with Gasteiger partial charge in [-0.2, -0.15) is 18.3 Å². The van der Waals surface area contributed by atoms with E-state index in [2.05, 4.69) is 37.5 Å². The number of aromatic nitrogens is 5. The minimum absolute atomic E-state index is 0.251. The molecule has 0 spiro atoms. The zero-order valence-corrected chi connectivity index (χ0v) is 15.5. The molecule has 1 aliphatic heterocycles. The Balaban J connectivity index is 1.70. The molecule has 4 heterocycles. The molecule has 10 heteroatoms. The van der Waals surface area contributed by atoms with E-state index in [0.29, 0.717) is 22.6 Å². The van der Waals surface area contributed by atoms with Crippen molar-refractivity contribution in [2.45, 2.75) is 25.1 Å². The van der Waals surface area contributed by atoms with E-state index >= 15 is 0 Å². The fraction of sp³-hybridized carbons (Fsp3) is 0.444. The summed E-state index contributed by atoms with van der Waals surface area (Å²) >= 11 is 0. The molecule has 7 nitrogen and oxygen atoms in total. The van der Waals surface area contributed by atoms with Crippen molar-refractivity contribution in [1.29, 1.82) is 0 Å². The first-order valence-electron chi connectivity index (χ1n) is 9.00. The maximum atomic E-state index is 12.8. The van der Waals surface area contributed by atoms with Crippen LogP contribution >= 0.6 is 0 Å². The Morgan fingerprint density at radius 1 is 1.14 bits per heavy atom. The maximum absolute atomic E-state index is 12.8. The summed E-state index contributed by atoms with van der Waals surface area (Å²) in [5.41, 5.74) is 0.678. The summed E-state index contributed by atoms with van der Waals surface area (Å²) in [5, 5.41) is 17.0. The van der Waals surface area contributed by atoms with Crippen LogP contribution in [-0.4, -0.2) is 56.0 Å². The summed E-state index contributed by atoms with van der Waals surface area (Å²) in [6.07, 6.45) is 0.152. The lowest BCUT2D eigenvalue weighted by Crippen LogP contribution is -2.40. The highest BCUT2D eigenvalue weighted by Crippen LogP contribution is 2.32. The van der Waals surface area contributed by atoms with Crippen LogP contribution in [0.4, 0.5) is 19.0 Å². The number of pyridine rings is 1. The highest BCUT2D eigenvalue weighted by atomic mass is 19.4. The molecule has 0 amide bonds. The Bertz CT molecular complexity index is 981. The molecule has 3 aromatic heterocycles. The first-order chi connectivity index (χ1) is 13.3. The van der Waals surface area contributed by atoms with Gasteiger partial charge in [0.25, 0.3) is 0 Å². The summed E-state index contributed by atoms with van der Waals surface area (Å²) in [6, 6.07) is 2.56. The second-order valence-electron chi connectivity index (χ2n) is 7.10. The van der Waals surface area contributed by atoms with Crippen LogP contribution in [0.1, 0.15) is 18.4 Å². The smallest absolute Gasteiger partial charge is 0.363 e. The second-order valence-corrected chi connectivity index (χ2v) is 7.10. The molecular weight excluding hydrogens is 371 g/mol. The first kappa shape index (κ1) is 18.6. The lowest BCUT2D eigenvalue weighted by Gasteiger charge is -2.30. The van der Waals surface area contributed by atoms with Crippen molar-refractivity contribution in [3.8, 4) is 11.4 Å². The molecule has 1 aliphatic rings. The van der Waals surface area contributed by atoms with Crippen LogP contribution in [0, 0.1) is 0 Å². The van der Waals surface area contributed by atoms with E-state index < -0.39 is 11.7 Å². The van der Waals surface area contributed by atoms with Crippen LogP contribution in [-0.2, 0) is 13.2 Å². The van der Waals surface area contributed by atoms with E-state index in [4.69, 9.17) is 0 Å². The van der Waals surface area contributed by atoms with E-state index in [9.17, 15) is 13.2 Å². The van der Waals surface area contributed by atoms with E-state index in [-0.39, 0.29) is 6.04 Å². The van der Waals surface area contributed by atoms with Gasteiger partial charge in [-0.1, -0.05) is 0 Å². The molecule has 4 rings (SSSR count). The second kappa shape index (κ2) is 7.01. The number of anilines is 1. The van der Waals surface area contributed by atoms with E-state index in [1.54, 1.807) is 17.9 Å². The van der Waals surface area contributed by atoms with Crippen molar-refractivity contribution in [1.82, 2.24) is 29.9 Å². The molecule has 0 unspecified atom stereocenters. The number of nitrogens with zero attached hydrogens (tertiary/aromatic N) is 6. The Labute approximate surface area is 159 Å². The van der Waals surface area contributed by atoms with Crippen LogP contribution in [0.3, 0.4) is 0 Å². The lowest BCUT2D eigenvalue weighted by atomic mass is 10.1. The maximum Gasteiger partial charge on any atom is 0.417 e. The van der Waals surface area contributed by atoms with Crippen LogP contribution in [0.5, 0.6) is 0 Å². The molecule has 3 aromatic rings. The summed E-state index contributed by atoms with van der Waals surface area (Å²) in [7, 11) is 3.88. The van der Waals surface area contributed by atoms with Gasteiger partial charge in [-0.05, 0) is 38.6 Å². The Morgan fingerprint density at radius 3 is 2.64 bits per heavy atom. The zero-order chi connectivity index (χ0) is 19.9. The van der Waals surface area contributed by atoms with Gasteiger partial charge < -0.3 is 10.2 Å². The van der Waals surface area contributed by atoms with E-state index in [1.807, 2.05) is 0 Å². The molecule has 0 bridgehead atoms. The van der Waals surface area contributed by atoms with Crippen LogP contribution in [0.15, 0.2) is 24.5 Å². The number of aryl methyl sites for hydroxylation is 1. The summed E-state index contributed by atoms with van der Waals surface area (Å²) in [5.74, 6) is 0.617. The lowest BCUT2D eigenvalue weighted by molar-refractivity contribution is -0.137. The van der Waals surface area contributed by atoms with Gasteiger partial charge in [0.15, 0.2) is 5.82 Å². The molecule has 0 aromatic carbocycles. The van der Waals surface area contributed by atoms with Crippen molar-refractivity contribution in [2.75, 3.05) is 25.5 Å². The minimum Gasteiger partial charge on any atom is -0.363 e. The van der Waals surface area contributed by atoms with E-state index in [0.717, 1.165) is 43.7 Å². The third-order valence-corrected chi connectivity index (χ3v) is 4.97. The Hall–Kier alpha value is -2.75. The van der Waals surface area contributed by atoms with Gasteiger partial charge in [0.05, 0.1) is 22.8 Å². The highest BCUT2D eigenvalue weighted by molar-refractivity contribution is 5.97. The number of fused-ring (bicyclic) bond motifs is 1. The number of piperidine rings is 1. The topological polar surface area (TPSA) is 71.8 Å². The number of likely N-dealkylation sites (tertiary alicyclic amines) is 1. The molecule has 1 N–H and O–H groups in total. The quantitative estimate of drug-likeness (QED) is 0.740. The molecule has 148 valence electrons.